The number of likely N-dealkylation sites (tertiary alicyclic amines) is 1. The normalized spacial score (nSPS) is 16.1. The second-order valence-electron chi connectivity index (χ2n) is 5.19. The molecule has 22 heavy (non-hydrogen) atoms. The Kier molecular flexibility index (Phi) is 7.44. The van der Waals surface area contributed by atoms with E-state index in [-0.39, 0.29) is 23.4 Å². The van der Waals surface area contributed by atoms with Crippen LogP contribution in [0.3, 0.4) is 0 Å². The first-order valence-electron chi connectivity index (χ1n) is 7.89. The summed E-state index contributed by atoms with van der Waals surface area (Å²) in [7, 11) is 0. The van der Waals surface area contributed by atoms with Crippen molar-refractivity contribution in [1.82, 2.24) is 9.80 Å². The quantitative estimate of drug-likeness (QED) is 0.423. The van der Waals surface area contributed by atoms with Crippen molar-refractivity contribution in [2.75, 3.05) is 32.8 Å². The van der Waals surface area contributed by atoms with Crippen molar-refractivity contribution in [3.8, 4) is 6.07 Å². The van der Waals surface area contributed by atoms with E-state index in [1.165, 1.54) is 0 Å². The molecule has 1 aliphatic heterocycles. The van der Waals surface area contributed by atoms with Crippen LogP contribution in [0.1, 0.15) is 33.6 Å². The number of nitrogens with zero attached hydrogens (tertiary/aromatic N) is 3. The Morgan fingerprint density at radius 1 is 1.27 bits per heavy atom. The summed E-state index contributed by atoms with van der Waals surface area (Å²) >= 11 is 0. The van der Waals surface area contributed by atoms with Crippen molar-refractivity contribution in [3.05, 3.63) is 11.8 Å². The Labute approximate surface area is 132 Å². The first-order chi connectivity index (χ1) is 10.6. The van der Waals surface area contributed by atoms with Crippen LogP contribution >= 0.6 is 0 Å². The SMILES string of the molecule is CCOC(=O)C1CCN(C(=O)/C(C#N)=C\N(CC)CC)CC1. The molecule has 0 aromatic heterocycles. The van der Waals surface area contributed by atoms with Crippen LogP contribution in [0.5, 0.6) is 0 Å². The first-order valence-corrected chi connectivity index (χ1v) is 7.89. The lowest BCUT2D eigenvalue weighted by molar-refractivity contribution is -0.150. The molecular weight excluding hydrogens is 282 g/mol. The van der Waals surface area contributed by atoms with Crippen LogP contribution < -0.4 is 0 Å². The number of rotatable bonds is 6. The summed E-state index contributed by atoms with van der Waals surface area (Å²) < 4.78 is 5.01. The maximum absolute atomic E-state index is 12.4. The van der Waals surface area contributed by atoms with Crippen LogP contribution in [-0.2, 0) is 14.3 Å². The van der Waals surface area contributed by atoms with Crippen molar-refractivity contribution in [2.24, 2.45) is 5.92 Å². The maximum atomic E-state index is 12.4. The van der Waals surface area contributed by atoms with E-state index >= 15 is 0 Å². The van der Waals surface area contributed by atoms with E-state index in [0.29, 0.717) is 32.5 Å². The fraction of sp³-hybridized carbons (Fsp3) is 0.688. The molecule has 122 valence electrons. The van der Waals surface area contributed by atoms with Gasteiger partial charge in [-0.05, 0) is 33.6 Å². The van der Waals surface area contributed by atoms with E-state index < -0.39 is 0 Å². The second-order valence-corrected chi connectivity index (χ2v) is 5.19. The minimum Gasteiger partial charge on any atom is -0.466 e. The molecule has 1 amide bonds. The van der Waals surface area contributed by atoms with Crippen molar-refractivity contribution < 1.29 is 14.3 Å². The molecule has 0 radical (unpaired) electrons. The smallest absolute Gasteiger partial charge is 0.309 e. The fourth-order valence-corrected chi connectivity index (χ4v) is 2.47. The van der Waals surface area contributed by atoms with Gasteiger partial charge in [0.05, 0.1) is 12.5 Å². The molecule has 0 N–H and O–H groups in total. The van der Waals surface area contributed by atoms with Gasteiger partial charge >= 0.3 is 5.97 Å². The molecule has 1 heterocycles. The number of esters is 1. The minimum atomic E-state index is -0.253. The lowest BCUT2D eigenvalue weighted by Crippen LogP contribution is -2.41. The minimum absolute atomic E-state index is 0.138. The molecule has 0 aromatic rings. The molecule has 0 spiro atoms. The van der Waals surface area contributed by atoms with Crippen LogP contribution in [0, 0.1) is 17.2 Å². The zero-order valence-corrected chi connectivity index (χ0v) is 13.7. The molecule has 6 heteroatoms. The molecule has 1 aliphatic rings. The van der Waals surface area contributed by atoms with E-state index in [1.807, 2.05) is 24.8 Å². The van der Waals surface area contributed by atoms with Gasteiger partial charge in [0, 0.05) is 32.4 Å². The zero-order chi connectivity index (χ0) is 16.5. The van der Waals surface area contributed by atoms with Gasteiger partial charge in [0.15, 0.2) is 0 Å². The summed E-state index contributed by atoms with van der Waals surface area (Å²) in [5.41, 5.74) is 0.151. The lowest BCUT2D eigenvalue weighted by Gasteiger charge is -2.31. The molecule has 6 nitrogen and oxygen atoms in total. The molecule has 0 aliphatic carbocycles. The average Bonchev–Trinajstić information content (AvgIpc) is 2.56. The third kappa shape index (κ3) is 4.76. The van der Waals surface area contributed by atoms with Crippen LogP contribution in [0.15, 0.2) is 11.8 Å². The molecule has 1 rings (SSSR count). The van der Waals surface area contributed by atoms with Crippen LogP contribution in [0.25, 0.3) is 0 Å². The zero-order valence-electron chi connectivity index (χ0n) is 13.7. The van der Waals surface area contributed by atoms with Crippen LogP contribution in [-0.4, -0.2) is 54.5 Å². The third-order valence-corrected chi connectivity index (χ3v) is 3.88. The monoisotopic (exact) mass is 307 g/mol. The Balaban J connectivity index is 2.64. The van der Waals surface area contributed by atoms with E-state index in [2.05, 4.69) is 0 Å². The molecular formula is C16H25N3O3. The van der Waals surface area contributed by atoms with Crippen molar-refractivity contribution >= 4 is 11.9 Å². The molecule has 0 bridgehead atoms. The molecule has 0 aromatic carbocycles. The van der Waals surface area contributed by atoms with E-state index in [4.69, 9.17) is 4.74 Å². The summed E-state index contributed by atoms with van der Waals surface area (Å²) in [5.74, 6) is -0.577. The number of amides is 1. The number of carbonyl (C=O) groups is 2. The van der Waals surface area contributed by atoms with Crippen LogP contribution in [0.2, 0.25) is 0 Å². The predicted octanol–water partition coefficient (Wildman–Crippen LogP) is 1.54. The highest BCUT2D eigenvalue weighted by Crippen LogP contribution is 2.20. The van der Waals surface area contributed by atoms with Gasteiger partial charge in [0.1, 0.15) is 11.6 Å². The second kappa shape index (κ2) is 9.08. The van der Waals surface area contributed by atoms with Gasteiger partial charge in [-0.15, -0.1) is 0 Å². The highest BCUT2D eigenvalue weighted by Gasteiger charge is 2.29. The van der Waals surface area contributed by atoms with Crippen molar-refractivity contribution in [3.63, 3.8) is 0 Å². The van der Waals surface area contributed by atoms with E-state index in [9.17, 15) is 14.9 Å². The Morgan fingerprint density at radius 3 is 2.32 bits per heavy atom. The molecule has 1 fully saturated rings. The number of ether oxygens (including phenoxy) is 1. The number of piperidine rings is 1. The summed E-state index contributed by atoms with van der Waals surface area (Å²) in [4.78, 5) is 27.6. The van der Waals surface area contributed by atoms with Gasteiger partial charge in [-0.3, -0.25) is 9.59 Å². The van der Waals surface area contributed by atoms with Crippen molar-refractivity contribution in [1.29, 1.82) is 5.26 Å². The number of hydrogen-bond donors (Lipinski definition) is 0. The summed E-state index contributed by atoms with van der Waals surface area (Å²) in [6.07, 6.45) is 2.81. The summed E-state index contributed by atoms with van der Waals surface area (Å²) in [6.45, 7) is 8.59. The largest absolute Gasteiger partial charge is 0.466 e. The third-order valence-electron chi connectivity index (χ3n) is 3.88. The number of hydrogen-bond acceptors (Lipinski definition) is 5. The molecule has 0 atom stereocenters. The van der Waals surface area contributed by atoms with Gasteiger partial charge in [0.25, 0.3) is 5.91 Å². The predicted molar refractivity (Wildman–Crippen MR) is 82.6 cm³/mol. The number of carbonyl (C=O) groups excluding carboxylic acids is 2. The maximum Gasteiger partial charge on any atom is 0.309 e. The van der Waals surface area contributed by atoms with E-state index in [0.717, 1.165) is 13.1 Å². The van der Waals surface area contributed by atoms with Gasteiger partial charge in [0.2, 0.25) is 0 Å². The summed E-state index contributed by atoms with van der Waals surface area (Å²) in [6, 6.07) is 1.99. The Bertz CT molecular complexity index is 456. The van der Waals surface area contributed by atoms with Gasteiger partial charge in [-0.1, -0.05) is 0 Å². The topological polar surface area (TPSA) is 73.6 Å². The fourth-order valence-electron chi connectivity index (χ4n) is 2.47. The summed E-state index contributed by atoms with van der Waals surface area (Å²) in [5, 5.41) is 9.21. The van der Waals surface area contributed by atoms with Gasteiger partial charge in [-0.25, -0.2) is 0 Å². The lowest BCUT2D eigenvalue weighted by atomic mass is 9.96. The molecule has 0 unspecified atom stereocenters. The number of nitriles is 1. The standard InChI is InChI=1S/C16H25N3O3/c1-4-18(5-2)12-14(11-17)15(20)19-9-7-13(8-10-19)16(21)22-6-3/h12-13H,4-10H2,1-3H3/b14-12-. The first kappa shape index (κ1) is 18.0. The van der Waals surface area contributed by atoms with Crippen molar-refractivity contribution in [2.45, 2.75) is 33.6 Å². The van der Waals surface area contributed by atoms with E-state index in [1.54, 1.807) is 18.0 Å². The van der Waals surface area contributed by atoms with Gasteiger partial charge in [-0.2, -0.15) is 5.26 Å². The highest BCUT2D eigenvalue weighted by molar-refractivity contribution is 5.97. The highest BCUT2D eigenvalue weighted by atomic mass is 16.5. The average molecular weight is 307 g/mol. The van der Waals surface area contributed by atoms with Gasteiger partial charge < -0.3 is 14.5 Å². The Morgan fingerprint density at radius 2 is 1.86 bits per heavy atom. The molecule has 0 saturated carbocycles. The molecule has 1 saturated heterocycles. The Hall–Kier alpha value is -2.03. The van der Waals surface area contributed by atoms with Crippen LogP contribution in [0.4, 0.5) is 0 Å².